The van der Waals surface area contributed by atoms with Crippen LogP contribution in [0.4, 0.5) is 23.2 Å². The number of rotatable bonds is 4. The molecule has 0 aliphatic rings. The molecule has 1 aromatic rings. The number of amides is 2. The van der Waals surface area contributed by atoms with Crippen molar-refractivity contribution in [2.75, 3.05) is 5.32 Å². The van der Waals surface area contributed by atoms with Gasteiger partial charge in [0.1, 0.15) is 5.82 Å². The summed E-state index contributed by atoms with van der Waals surface area (Å²) in [4.78, 5) is 22.0. The largest absolute Gasteiger partial charge is 0.416 e. The Balaban J connectivity index is 0.00000400. The molecule has 0 bridgehead atoms. The SMILES string of the molecule is Cl.NC(=O)CC(N)C(=O)Nc1cc(C(F)(F)F)ccc1F. The molecule has 5 nitrogen and oxygen atoms in total. The molecular formula is C11H12ClF4N3O2. The standard InChI is InChI=1S/C11H11F4N3O2.ClH/c12-6-2-1-5(11(13,14)15)3-8(6)18-10(20)7(16)4-9(17)19;/h1-3,7H,4,16H2,(H2,17,19)(H,18,20);1H. The van der Waals surface area contributed by atoms with Gasteiger partial charge in [0.15, 0.2) is 0 Å². The zero-order valence-electron chi connectivity index (χ0n) is 10.4. The van der Waals surface area contributed by atoms with Crippen LogP contribution in [0.1, 0.15) is 12.0 Å². The van der Waals surface area contributed by atoms with Crippen LogP contribution < -0.4 is 16.8 Å². The number of anilines is 1. The Morgan fingerprint density at radius 2 is 1.86 bits per heavy atom. The smallest absolute Gasteiger partial charge is 0.370 e. The maximum Gasteiger partial charge on any atom is 0.416 e. The molecule has 2 amide bonds. The average Bonchev–Trinajstić information content (AvgIpc) is 2.29. The highest BCUT2D eigenvalue weighted by Crippen LogP contribution is 2.31. The third kappa shape index (κ3) is 5.56. The van der Waals surface area contributed by atoms with Crippen LogP contribution in [0.3, 0.4) is 0 Å². The van der Waals surface area contributed by atoms with Gasteiger partial charge in [-0.25, -0.2) is 4.39 Å². The Morgan fingerprint density at radius 3 is 2.33 bits per heavy atom. The fraction of sp³-hybridized carbons (Fsp3) is 0.273. The van der Waals surface area contributed by atoms with Gasteiger partial charge in [0, 0.05) is 0 Å². The van der Waals surface area contributed by atoms with Crippen molar-refractivity contribution in [3.05, 3.63) is 29.6 Å². The van der Waals surface area contributed by atoms with Crippen molar-refractivity contribution in [2.45, 2.75) is 18.6 Å². The third-order valence-electron chi connectivity index (χ3n) is 2.31. The van der Waals surface area contributed by atoms with Crippen LogP contribution >= 0.6 is 12.4 Å². The highest BCUT2D eigenvalue weighted by atomic mass is 35.5. The molecule has 0 saturated carbocycles. The van der Waals surface area contributed by atoms with Crippen LogP contribution in [0.2, 0.25) is 0 Å². The maximum absolute atomic E-state index is 13.3. The van der Waals surface area contributed by atoms with E-state index in [4.69, 9.17) is 11.5 Å². The molecule has 1 rings (SSSR count). The molecule has 0 aliphatic heterocycles. The summed E-state index contributed by atoms with van der Waals surface area (Å²) < 4.78 is 50.7. The van der Waals surface area contributed by atoms with Crippen molar-refractivity contribution in [3.8, 4) is 0 Å². The molecular weight excluding hydrogens is 318 g/mol. The number of nitrogens with one attached hydrogen (secondary N) is 1. The summed E-state index contributed by atoms with van der Waals surface area (Å²) in [5.41, 5.74) is 8.29. The van der Waals surface area contributed by atoms with E-state index in [2.05, 4.69) is 0 Å². The topological polar surface area (TPSA) is 98.2 Å². The quantitative estimate of drug-likeness (QED) is 0.728. The molecule has 118 valence electrons. The summed E-state index contributed by atoms with van der Waals surface area (Å²) in [6.07, 6.45) is -5.19. The molecule has 1 atom stereocenters. The first kappa shape index (κ1) is 19.1. The molecule has 21 heavy (non-hydrogen) atoms. The van der Waals surface area contributed by atoms with Crippen LogP contribution in [-0.2, 0) is 15.8 Å². The highest BCUT2D eigenvalue weighted by Gasteiger charge is 2.31. The van der Waals surface area contributed by atoms with Gasteiger partial charge in [-0.05, 0) is 18.2 Å². The number of benzene rings is 1. The molecule has 10 heteroatoms. The van der Waals surface area contributed by atoms with Gasteiger partial charge in [0.25, 0.3) is 0 Å². The summed E-state index contributed by atoms with van der Waals surface area (Å²) in [5, 5.41) is 1.88. The summed E-state index contributed by atoms with van der Waals surface area (Å²) in [6, 6.07) is 0.165. The third-order valence-corrected chi connectivity index (χ3v) is 2.31. The number of hydrogen-bond donors (Lipinski definition) is 3. The van der Waals surface area contributed by atoms with Crippen molar-refractivity contribution in [1.82, 2.24) is 0 Å². The number of hydrogen-bond acceptors (Lipinski definition) is 3. The first-order chi connectivity index (χ1) is 9.11. The van der Waals surface area contributed by atoms with Crippen LogP contribution in [0.25, 0.3) is 0 Å². The first-order valence-corrected chi connectivity index (χ1v) is 5.32. The fourth-order valence-corrected chi connectivity index (χ4v) is 1.33. The van der Waals surface area contributed by atoms with Crippen molar-refractivity contribution in [2.24, 2.45) is 11.5 Å². The van der Waals surface area contributed by atoms with Crippen molar-refractivity contribution in [1.29, 1.82) is 0 Å². The van der Waals surface area contributed by atoms with Crippen molar-refractivity contribution in [3.63, 3.8) is 0 Å². The molecule has 0 fully saturated rings. The van der Waals surface area contributed by atoms with Crippen molar-refractivity contribution >= 4 is 29.9 Å². The number of primary amides is 1. The molecule has 0 spiro atoms. The van der Waals surface area contributed by atoms with E-state index in [1.165, 1.54) is 0 Å². The van der Waals surface area contributed by atoms with Gasteiger partial charge in [-0.1, -0.05) is 0 Å². The Kier molecular flexibility index (Phi) is 6.58. The molecule has 0 radical (unpaired) electrons. The second-order valence-electron chi connectivity index (χ2n) is 3.96. The Morgan fingerprint density at radius 1 is 1.29 bits per heavy atom. The van der Waals surface area contributed by atoms with Gasteiger partial charge in [-0.3, -0.25) is 9.59 Å². The van der Waals surface area contributed by atoms with E-state index in [-0.39, 0.29) is 12.4 Å². The zero-order chi connectivity index (χ0) is 15.5. The number of carbonyl (C=O) groups is 2. The van der Waals surface area contributed by atoms with Gasteiger partial charge in [-0.15, -0.1) is 12.4 Å². The molecule has 0 aromatic heterocycles. The summed E-state index contributed by atoms with van der Waals surface area (Å²) in [5.74, 6) is -2.93. The lowest BCUT2D eigenvalue weighted by Gasteiger charge is -2.13. The van der Waals surface area contributed by atoms with Crippen LogP contribution in [0.5, 0.6) is 0 Å². The minimum Gasteiger partial charge on any atom is -0.370 e. The van der Waals surface area contributed by atoms with E-state index < -0.39 is 47.5 Å². The molecule has 0 saturated heterocycles. The Bertz CT molecular complexity index is 537. The van der Waals surface area contributed by atoms with Crippen LogP contribution in [-0.4, -0.2) is 17.9 Å². The molecule has 1 aromatic carbocycles. The monoisotopic (exact) mass is 329 g/mol. The zero-order valence-corrected chi connectivity index (χ0v) is 11.2. The normalized spacial score (nSPS) is 12.2. The maximum atomic E-state index is 13.3. The average molecular weight is 330 g/mol. The molecule has 0 aliphatic carbocycles. The summed E-state index contributed by atoms with van der Waals surface area (Å²) >= 11 is 0. The van der Waals surface area contributed by atoms with E-state index in [0.29, 0.717) is 18.2 Å². The number of carbonyl (C=O) groups excluding carboxylic acids is 2. The van der Waals surface area contributed by atoms with Crippen molar-refractivity contribution < 1.29 is 27.2 Å². The Labute approximate surface area is 123 Å². The lowest BCUT2D eigenvalue weighted by atomic mass is 10.1. The predicted molar refractivity (Wildman–Crippen MR) is 69.1 cm³/mol. The van der Waals surface area contributed by atoms with E-state index in [9.17, 15) is 27.2 Å². The van der Waals surface area contributed by atoms with Crippen LogP contribution in [0, 0.1) is 5.82 Å². The van der Waals surface area contributed by atoms with Gasteiger partial charge in [-0.2, -0.15) is 13.2 Å². The predicted octanol–water partition coefficient (Wildman–Crippen LogP) is 1.41. The van der Waals surface area contributed by atoms with E-state index in [1.54, 1.807) is 0 Å². The number of nitrogens with two attached hydrogens (primary N) is 2. The van der Waals surface area contributed by atoms with E-state index in [0.717, 1.165) is 0 Å². The lowest BCUT2D eigenvalue weighted by Crippen LogP contribution is -2.39. The lowest BCUT2D eigenvalue weighted by molar-refractivity contribution is -0.137. The van der Waals surface area contributed by atoms with Gasteiger partial charge in [0.05, 0.1) is 23.7 Å². The van der Waals surface area contributed by atoms with E-state index >= 15 is 0 Å². The first-order valence-electron chi connectivity index (χ1n) is 5.32. The number of alkyl halides is 3. The Hall–Kier alpha value is -1.87. The summed E-state index contributed by atoms with van der Waals surface area (Å²) in [6.45, 7) is 0. The number of halogens is 5. The highest BCUT2D eigenvalue weighted by molar-refractivity contribution is 5.97. The minimum absolute atomic E-state index is 0. The van der Waals surface area contributed by atoms with Gasteiger partial charge >= 0.3 is 6.18 Å². The summed E-state index contributed by atoms with van der Waals surface area (Å²) in [7, 11) is 0. The molecule has 5 N–H and O–H groups in total. The minimum atomic E-state index is -4.68. The molecule has 0 heterocycles. The van der Waals surface area contributed by atoms with Gasteiger partial charge in [0.2, 0.25) is 11.8 Å². The van der Waals surface area contributed by atoms with Gasteiger partial charge < -0.3 is 16.8 Å². The second kappa shape index (κ2) is 7.23. The molecule has 1 unspecified atom stereocenters. The van der Waals surface area contributed by atoms with Crippen LogP contribution in [0.15, 0.2) is 18.2 Å². The fourth-order valence-electron chi connectivity index (χ4n) is 1.33. The second-order valence-corrected chi connectivity index (χ2v) is 3.96. The van der Waals surface area contributed by atoms with E-state index in [1.807, 2.05) is 5.32 Å².